The minimum Gasteiger partial charge on any atom is -0.468 e. The number of carbonyl (C=O) groups excluding carboxylic acids is 1. The van der Waals surface area contributed by atoms with Gasteiger partial charge in [-0.1, -0.05) is 32.6 Å². The van der Waals surface area contributed by atoms with Crippen LogP contribution in [0.3, 0.4) is 0 Å². The second-order valence-electron chi connectivity index (χ2n) is 4.62. The summed E-state index contributed by atoms with van der Waals surface area (Å²) in [5, 5.41) is -0.0639. The zero-order valence-electron chi connectivity index (χ0n) is 12.0. The number of esters is 1. The van der Waals surface area contributed by atoms with E-state index in [1.54, 1.807) is 11.8 Å². The lowest BCUT2D eigenvalue weighted by molar-refractivity contribution is -0.140. The minimum atomic E-state index is -2.17. The maximum Gasteiger partial charge on any atom is 0.318 e. The lowest BCUT2D eigenvalue weighted by Crippen LogP contribution is -2.19. The summed E-state index contributed by atoms with van der Waals surface area (Å²) in [6, 6.07) is 0. The molecule has 0 aromatic heterocycles. The van der Waals surface area contributed by atoms with Crippen LogP contribution in [0.5, 0.6) is 0 Å². The molecule has 0 aromatic rings. The lowest BCUT2D eigenvalue weighted by atomic mass is 10.2. The molecule has 0 saturated carbocycles. The first-order chi connectivity index (χ1) is 9.11. The molecule has 0 aliphatic heterocycles. The molecule has 0 rings (SSSR count). The topological polar surface area (TPSA) is 26.3 Å². The number of carbonyl (C=O) groups is 1. The molecular formula is C14H26F2O2S. The average molecular weight is 296 g/mol. The molecule has 0 heterocycles. The average Bonchev–Trinajstić information content (AvgIpc) is 2.39. The highest BCUT2D eigenvalue weighted by molar-refractivity contribution is 8.00. The number of alkyl halides is 2. The van der Waals surface area contributed by atoms with E-state index in [1.165, 1.54) is 7.11 Å². The molecule has 0 N–H and O–H groups in total. The molecule has 114 valence electrons. The molecule has 1 unspecified atom stereocenters. The van der Waals surface area contributed by atoms with Gasteiger partial charge in [-0.3, -0.25) is 4.79 Å². The van der Waals surface area contributed by atoms with Crippen molar-refractivity contribution in [3.63, 3.8) is 0 Å². The molecule has 0 fully saturated rings. The van der Waals surface area contributed by atoms with Crippen molar-refractivity contribution in [2.75, 3.05) is 12.9 Å². The molecule has 19 heavy (non-hydrogen) atoms. The Morgan fingerprint density at radius 2 is 1.79 bits per heavy atom. The van der Waals surface area contributed by atoms with E-state index in [4.69, 9.17) is 4.74 Å². The number of unbranched alkanes of at least 4 members (excludes halogenated alkanes) is 4. The molecule has 0 saturated heterocycles. The Balaban J connectivity index is 3.60. The van der Waals surface area contributed by atoms with E-state index < -0.39 is 6.43 Å². The van der Waals surface area contributed by atoms with Gasteiger partial charge in [0.2, 0.25) is 6.43 Å². The van der Waals surface area contributed by atoms with E-state index in [9.17, 15) is 13.6 Å². The first-order valence-electron chi connectivity index (χ1n) is 7.09. The summed E-state index contributed by atoms with van der Waals surface area (Å²) >= 11 is 1.64. The zero-order chi connectivity index (χ0) is 14.5. The van der Waals surface area contributed by atoms with Crippen LogP contribution in [-0.4, -0.2) is 30.5 Å². The van der Waals surface area contributed by atoms with Gasteiger partial charge in [0, 0.05) is 6.42 Å². The van der Waals surface area contributed by atoms with Gasteiger partial charge < -0.3 is 4.74 Å². The van der Waals surface area contributed by atoms with Crippen LogP contribution >= 0.6 is 11.8 Å². The van der Waals surface area contributed by atoms with Gasteiger partial charge in [-0.15, -0.1) is 11.8 Å². The van der Waals surface area contributed by atoms with Gasteiger partial charge in [0.05, 0.1) is 7.11 Å². The molecule has 0 radical (unpaired) electrons. The predicted molar refractivity (Wildman–Crippen MR) is 76.9 cm³/mol. The highest BCUT2D eigenvalue weighted by atomic mass is 32.2. The summed E-state index contributed by atoms with van der Waals surface area (Å²) in [5.41, 5.74) is 0. The number of rotatable bonds is 12. The first-order valence-corrected chi connectivity index (χ1v) is 8.14. The number of thioether (sulfide) groups is 1. The lowest BCUT2D eigenvalue weighted by Gasteiger charge is -2.13. The normalized spacial score (nSPS) is 12.7. The molecule has 5 heteroatoms. The van der Waals surface area contributed by atoms with Gasteiger partial charge in [0.25, 0.3) is 0 Å². The van der Waals surface area contributed by atoms with Gasteiger partial charge >= 0.3 is 5.97 Å². The largest absolute Gasteiger partial charge is 0.468 e. The Labute approximate surface area is 119 Å². The third-order valence-electron chi connectivity index (χ3n) is 2.92. The minimum absolute atomic E-state index is 0.00836. The van der Waals surface area contributed by atoms with Crippen LogP contribution in [0.4, 0.5) is 8.78 Å². The summed E-state index contributed by atoms with van der Waals surface area (Å²) in [5.74, 6) is 0.758. The van der Waals surface area contributed by atoms with Crippen LogP contribution < -0.4 is 0 Å². The van der Waals surface area contributed by atoms with Crippen LogP contribution in [0.2, 0.25) is 0 Å². The van der Waals surface area contributed by atoms with Gasteiger partial charge in [-0.2, -0.15) is 0 Å². The van der Waals surface area contributed by atoms with Crippen molar-refractivity contribution in [1.82, 2.24) is 0 Å². The Morgan fingerprint density at radius 3 is 2.37 bits per heavy atom. The van der Waals surface area contributed by atoms with E-state index in [0.717, 1.165) is 44.3 Å². The quantitative estimate of drug-likeness (QED) is 0.387. The number of halogens is 2. The maximum atomic E-state index is 11.9. The van der Waals surface area contributed by atoms with Crippen molar-refractivity contribution in [1.29, 1.82) is 0 Å². The van der Waals surface area contributed by atoms with Gasteiger partial charge in [0.1, 0.15) is 5.25 Å². The smallest absolute Gasteiger partial charge is 0.318 e. The van der Waals surface area contributed by atoms with Crippen LogP contribution in [0.25, 0.3) is 0 Å². The molecule has 0 aromatic carbocycles. The van der Waals surface area contributed by atoms with E-state index >= 15 is 0 Å². The third kappa shape index (κ3) is 11.2. The van der Waals surface area contributed by atoms with Crippen molar-refractivity contribution >= 4 is 17.7 Å². The standard InChI is InChI=1S/C14H26F2O2S/c1-3-4-9-12(14(17)18-2)19-11-8-6-5-7-10-13(15)16/h12-13H,3-11H2,1-2H3. The third-order valence-corrected chi connectivity index (χ3v) is 4.27. The zero-order valence-corrected chi connectivity index (χ0v) is 12.8. The van der Waals surface area contributed by atoms with E-state index in [1.807, 2.05) is 0 Å². The SMILES string of the molecule is CCCCC(SCCCCCCC(F)F)C(=O)OC. The first kappa shape index (κ1) is 18.7. The van der Waals surface area contributed by atoms with Gasteiger partial charge in [0.15, 0.2) is 0 Å². The van der Waals surface area contributed by atoms with Crippen LogP contribution in [0, 0.1) is 0 Å². The van der Waals surface area contributed by atoms with Crippen LogP contribution in [0.15, 0.2) is 0 Å². The summed E-state index contributed by atoms with van der Waals surface area (Å²) in [6.45, 7) is 2.10. The Kier molecular flexibility index (Phi) is 12.5. The fraction of sp³-hybridized carbons (Fsp3) is 0.929. The van der Waals surface area contributed by atoms with Crippen LogP contribution in [0.1, 0.15) is 58.3 Å². The van der Waals surface area contributed by atoms with Crippen molar-refractivity contribution in [2.45, 2.75) is 70.0 Å². The Morgan fingerprint density at radius 1 is 1.11 bits per heavy atom. The molecule has 2 nitrogen and oxygen atoms in total. The second-order valence-corrected chi connectivity index (χ2v) is 5.93. The number of hydrogen-bond acceptors (Lipinski definition) is 3. The summed E-state index contributed by atoms with van der Waals surface area (Å²) in [7, 11) is 1.42. The molecular weight excluding hydrogens is 270 g/mol. The van der Waals surface area contributed by atoms with Crippen molar-refractivity contribution in [3.8, 4) is 0 Å². The Hall–Kier alpha value is -0.320. The predicted octanol–water partition coefficient (Wildman–Crippen LogP) is 4.67. The van der Waals surface area contributed by atoms with E-state index in [2.05, 4.69) is 6.92 Å². The Bertz CT molecular complexity index is 225. The second kappa shape index (κ2) is 12.7. The fourth-order valence-electron chi connectivity index (χ4n) is 1.77. The molecule has 1 atom stereocenters. The monoisotopic (exact) mass is 296 g/mol. The summed E-state index contributed by atoms with van der Waals surface area (Å²) in [4.78, 5) is 11.5. The number of methoxy groups -OCH3 is 1. The maximum absolute atomic E-state index is 11.9. The van der Waals surface area contributed by atoms with Gasteiger partial charge in [-0.25, -0.2) is 8.78 Å². The number of hydrogen-bond donors (Lipinski definition) is 0. The van der Waals surface area contributed by atoms with Crippen molar-refractivity contribution < 1.29 is 18.3 Å². The molecule has 0 aliphatic rings. The molecule has 0 spiro atoms. The highest BCUT2D eigenvalue weighted by Gasteiger charge is 2.18. The van der Waals surface area contributed by atoms with Gasteiger partial charge in [-0.05, 0) is 25.0 Å². The summed E-state index contributed by atoms with van der Waals surface area (Å²) < 4.78 is 28.6. The molecule has 0 bridgehead atoms. The van der Waals surface area contributed by atoms with E-state index in [0.29, 0.717) is 6.42 Å². The molecule has 0 aliphatic carbocycles. The number of ether oxygens (including phenoxy) is 1. The van der Waals surface area contributed by atoms with Crippen LogP contribution in [-0.2, 0) is 9.53 Å². The van der Waals surface area contributed by atoms with Crippen molar-refractivity contribution in [3.05, 3.63) is 0 Å². The summed E-state index contributed by atoms with van der Waals surface area (Å²) in [6.07, 6.45) is 4.18. The fourth-order valence-corrected chi connectivity index (χ4v) is 2.99. The molecule has 0 amide bonds. The highest BCUT2D eigenvalue weighted by Crippen LogP contribution is 2.21. The van der Waals surface area contributed by atoms with Crippen molar-refractivity contribution in [2.24, 2.45) is 0 Å². The van der Waals surface area contributed by atoms with E-state index in [-0.39, 0.29) is 17.6 Å².